The Morgan fingerprint density at radius 2 is 1.79 bits per heavy atom. The summed E-state index contributed by atoms with van der Waals surface area (Å²) >= 11 is 0. The van der Waals surface area contributed by atoms with Crippen molar-refractivity contribution in [2.75, 3.05) is 11.4 Å². The van der Waals surface area contributed by atoms with Crippen molar-refractivity contribution < 1.29 is 14.0 Å². The monoisotopic (exact) mass is 459 g/mol. The number of anilines is 1. The second kappa shape index (κ2) is 9.53. The van der Waals surface area contributed by atoms with Gasteiger partial charge in [-0.2, -0.15) is 0 Å². The molecule has 6 heteroatoms. The second-order valence-corrected chi connectivity index (χ2v) is 9.78. The summed E-state index contributed by atoms with van der Waals surface area (Å²) in [6, 6.07) is 15.2. The van der Waals surface area contributed by atoms with Crippen molar-refractivity contribution in [1.29, 1.82) is 0 Å². The number of hydrogen-bond acceptors (Lipinski definition) is 3. The first-order valence-corrected chi connectivity index (χ1v) is 12.5. The maximum absolute atomic E-state index is 14.0. The lowest BCUT2D eigenvalue weighted by Crippen LogP contribution is -2.48. The molecule has 1 aliphatic carbocycles. The van der Waals surface area contributed by atoms with Crippen LogP contribution in [0.1, 0.15) is 69.9 Å². The maximum atomic E-state index is 14.0. The third kappa shape index (κ3) is 4.17. The predicted molar refractivity (Wildman–Crippen MR) is 132 cm³/mol. The molecule has 1 saturated carbocycles. The number of aromatic nitrogens is 1. The number of hydrogen-bond donors (Lipinski definition) is 0. The van der Waals surface area contributed by atoms with Gasteiger partial charge in [-0.1, -0.05) is 37.8 Å². The van der Waals surface area contributed by atoms with Gasteiger partial charge in [0.1, 0.15) is 18.3 Å². The molecule has 1 fully saturated rings. The Morgan fingerprint density at radius 3 is 2.50 bits per heavy atom. The second-order valence-electron chi connectivity index (χ2n) is 9.78. The summed E-state index contributed by atoms with van der Waals surface area (Å²) in [6.45, 7) is 4.02. The zero-order valence-corrected chi connectivity index (χ0v) is 20.0. The number of carbonyl (C=O) groups excluding carboxylic acids is 2. The van der Waals surface area contributed by atoms with Gasteiger partial charge in [-0.15, -0.1) is 0 Å². The Balaban J connectivity index is 1.44. The van der Waals surface area contributed by atoms with Crippen LogP contribution in [0.4, 0.5) is 5.69 Å². The SMILES string of the molecule is CC(C)N(CC(=O)N1c2ccccc2-n2cccc2C1c1ccco1)C(=O)CCC1CCCC1. The van der Waals surface area contributed by atoms with Gasteiger partial charge in [0.25, 0.3) is 0 Å². The first-order chi connectivity index (χ1) is 16.5. The van der Waals surface area contributed by atoms with Crippen LogP contribution in [0.3, 0.4) is 0 Å². The molecule has 0 bridgehead atoms. The summed E-state index contributed by atoms with van der Waals surface area (Å²) in [5, 5.41) is 0. The molecule has 0 saturated heterocycles. The highest BCUT2D eigenvalue weighted by Crippen LogP contribution is 2.42. The number of carbonyl (C=O) groups is 2. The van der Waals surface area contributed by atoms with Crippen LogP contribution < -0.4 is 4.90 Å². The molecule has 2 amide bonds. The van der Waals surface area contributed by atoms with Crippen LogP contribution in [0.15, 0.2) is 65.4 Å². The van der Waals surface area contributed by atoms with E-state index in [-0.39, 0.29) is 24.4 Å². The summed E-state index contributed by atoms with van der Waals surface area (Å²) in [7, 11) is 0. The minimum absolute atomic E-state index is 0.0490. The summed E-state index contributed by atoms with van der Waals surface area (Å²) in [5.74, 6) is 1.31. The smallest absolute Gasteiger partial charge is 0.247 e. The summed E-state index contributed by atoms with van der Waals surface area (Å²) in [6.07, 6.45) is 10.1. The van der Waals surface area contributed by atoms with Crippen molar-refractivity contribution in [3.05, 3.63) is 72.4 Å². The van der Waals surface area contributed by atoms with Crippen LogP contribution in [0.5, 0.6) is 0 Å². The molecule has 178 valence electrons. The fourth-order valence-electron chi connectivity index (χ4n) is 5.53. The van der Waals surface area contributed by atoms with Crippen molar-refractivity contribution >= 4 is 17.5 Å². The lowest BCUT2D eigenvalue weighted by molar-refractivity contribution is -0.137. The van der Waals surface area contributed by atoms with Gasteiger partial charge < -0.3 is 13.9 Å². The Labute approximate surface area is 201 Å². The standard InChI is InChI=1S/C28H33N3O3/c1-20(2)30(26(32)16-15-21-9-3-4-10-21)19-27(33)31-23-12-6-5-11-22(23)29-17-7-13-24(29)28(31)25-14-8-18-34-25/h5-8,11-14,17-18,20-21,28H,3-4,9-10,15-16,19H2,1-2H3. The normalized spacial score (nSPS) is 17.6. The van der Waals surface area contributed by atoms with Gasteiger partial charge in [0.2, 0.25) is 11.8 Å². The molecular formula is C28H33N3O3. The molecule has 0 spiro atoms. The van der Waals surface area contributed by atoms with Crippen LogP contribution in [0.25, 0.3) is 5.69 Å². The largest absolute Gasteiger partial charge is 0.467 e. The molecule has 2 aromatic heterocycles. The van der Waals surface area contributed by atoms with Gasteiger partial charge in [-0.3, -0.25) is 14.5 Å². The number of benzene rings is 1. The van der Waals surface area contributed by atoms with Crippen LogP contribution in [-0.4, -0.2) is 33.9 Å². The van der Waals surface area contributed by atoms with Gasteiger partial charge in [0.15, 0.2) is 0 Å². The zero-order chi connectivity index (χ0) is 23.7. The van der Waals surface area contributed by atoms with Gasteiger partial charge in [0.05, 0.1) is 23.3 Å². The van der Waals surface area contributed by atoms with Crippen LogP contribution in [0, 0.1) is 5.92 Å². The molecule has 34 heavy (non-hydrogen) atoms. The highest BCUT2D eigenvalue weighted by atomic mass is 16.3. The molecule has 0 N–H and O–H groups in total. The molecule has 3 heterocycles. The summed E-state index contributed by atoms with van der Waals surface area (Å²) in [5.41, 5.74) is 2.73. The van der Waals surface area contributed by atoms with Crippen molar-refractivity contribution in [2.24, 2.45) is 5.92 Å². The first kappa shape index (κ1) is 22.5. The van der Waals surface area contributed by atoms with Crippen LogP contribution in [-0.2, 0) is 9.59 Å². The third-order valence-electron chi connectivity index (χ3n) is 7.29. The molecular weight excluding hydrogens is 426 g/mol. The Hall–Kier alpha value is -3.28. The van der Waals surface area contributed by atoms with E-state index in [9.17, 15) is 9.59 Å². The number of amides is 2. The van der Waals surface area contributed by atoms with E-state index in [2.05, 4.69) is 4.57 Å². The van der Waals surface area contributed by atoms with E-state index in [0.717, 1.165) is 23.5 Å². The van der Waals surface area contributed by atoms with Crippen LogP contribution in [0.2, 0.25) is 0 Å². The van der Waals surface area contributed by atoms with Crippen molar-refractivity contribution in [2.45, 2.75) is 64.5 Å². The topological polar surface area (TPSA) is 58.7 Å². The lowest BCUT2D eigenvalue weighted by atomic mass is 10.0. The minimum atomic E-state index is -0.394. The summed E-state index contributed by atoms with van der Waals surface area (Å²) < 4.78 is 7.91. The molecule has 6 nitrogen and oxygen atoms in total. The highest BCUT2D eigenvalue weighted by molar-refractivity contribution is 6.00. The zero-order valence-electron chi connectivity index (χ0n) is 20.0. The minimum Gasteiger partial charge on any atom is -0.467 e. The van der Waals surface area contributed by atoms with E-state index in [0.29, 0.717) is 18.1 Å². The Morgan fingerprint density at radius 1 is 1.03 bits per heavy atom. The van der Waals surface area contributed by atoms with E-state index in [4.69, 9.17) is 4.42 Å². The van der Waals surface area contributed by atoms with Crippen molar-refractivity contribution in [3.8, 4) is 5.69 Å². The molecule has 1 atom stereocenters. The fraction of sp³-hybridized carbons (Fsp3) is 0.429. The fourth-order valence-corrected chi connectivity index (χ4v) is 5.53. The van der Waals surface area contributed by atoms with E-state index >= 15 is 0 Å². The van der Waals surface area contributed by atoms with Crippen LogP contribution >= 0.6 is 0 Å². The number of furan rings is 1. The van der Waals surface area contributed by atoms with E-state index in [1.54, 1.807) is 11.2 Å². The average Bonchev–Trinajstić information content (AvgIpc) is 3.62. The molecule has 1 aliphatic heterocycles. The molecule has 2 aliphatic rings. The molecule has 1 aromatic carbocycles. The molecule has 3 aromatic rings. The third-order valence-corrected chi connectivity index (χ3v) is 7.29. The lowest BCUT2D eigenvalue weighted by Gasteiger charge is -2.38. The molecule has 1 unspecified atom stereocenters. The summed E-state index contributed by atoms with van der Waals surface area (Å²) in [4.78, 5) is 30.7. The van der Waals surface area contributed by atoms with Gasteiger partial charge >= 0.3 is 0 Å². The van der Waals surface area contributed by atoms with Gasteiger partial charge in [-0.05, 0) is 62.6 Å². The number of para-hydroxylation sites is 2. The predicted octanol–water partition coefficient (Wildman–Crippen LogP) is 5.71. The van der Waals surface area contributed by atoms with Crippen molar-refractivity contribution in [1.82, 2.24) is 9.47 Å². The van der Waals surface area contributed by atoms with E-state index in [1.807, 2.05) is 73.5 Å². The quantitative estimate of drug-likeness (QED) is 0.454. The molecule has 0 radical (unpaired) electrons. The Kier molecular flexibility index (Phi) is 6.31. The maximum Gasteiger partial charge on any atom is 0.247 e. The number of nitrogens with zero attached hydrogens (tertiary/aromatic N) is 3. The van der Waals surface area contributed by atoms with E-state index in [1.165, 1.54) is 25.7 Å². The van der Waals surface area contributed by atoms with Crippen molar-refractivity contribution in [3.63, 3.8) is 0 Å². The molecule has 5 rings (SSSR count). The van der Waals surface area contributed by atoms with Gasteiger partial charge in [0, 0.05) is 18.7 Å². The van der Waals surface area contributed by atoms with E-state index < -0.39 is 6.04 Å². The number of rotatable bonds is 7. The highest BCUT2D eigenvalue weighted by Gasteiger charge is 2.38. The number of fused-ring (bicyclic) bond motifs is 3. The average molecular weight is 460 g/mol. The first-order valence-electron chi connectivity index (χ1n) is 12.5. The Bertz CT molecular complexity index is 1140. The van der Waals surface area contributed by atoms with Gasteiger partial charge in [-0.25, -0.2) is 0 Å².